The Kier molecular flexibility index (Phi) is 7.91. The number of benzene rings is 1. The van der Waals surface area contributed by atoms with Gasteiger partial charge in [0.25, 0.3) is 0 Å². The summed E-state index contributed by atoms with van der Waals surface area (Å²) in [7, 11) is 0. The summed E-state index contributed by atoms with van der Waals surface area (Å²) in [6.07, 6.45) is -2.64. The molecule has 2 unspecified atom stereocenters. The van der Waals surface area contributed by atoms with Gasteiger partial charge in [-0.2, -0.15) is 13.2 Å². The van der Waals surface area contributed by atoms with Crippen molar-refractivity contribution in [3.05, 3.63) is 52.7 Å². The first-order valence-corrected chi connectivity index (χ1v) is 13.3. The van der Waals surface area contributed by atoms with Crippen LogP contribution in [0.4, 0.5) is 23.4 Å². The second kappa shape index (κ2) is 11.1. The number of fused-ring (bicyclic) bond motifs is 1. The topological polar surface area (TPSA) is 93.0 Å². The lowest BCUT2D eigenvalue weighted by Gasteiger charge is -2.48. The van der Waals surface area contributed by atoms with Gasteiger partial charge in [0.2, 0.25) is 0 Å². The van der Waals surface area contributed by atoms with E-state index in [0.717, 1.165) is 17.4 Å². The van der Waals surface area contributed by atoms with Crippen LogP contribution in [0.1, 0.15) is 66.5 Å². The van der Waals surface area contributed by atoms with Gasteiger partial charge in [-0.3, -0.25) is 9.80 Å². The number of piperidine rings is 1. The molecule has 1 aliphatic carbocycles. The van der Waals surface area contributed by atoms with E-state index >= 15 is 0 Å². The normalized spacial score (nSPS) is 24.9. The molecule has 0 amide bonds. The molecule has 2 N–H and O–H groups in total. The average Bonchev–Trinajstić information content (AvgIpc) is 3.20. The molecule has 0 radical (unpaired) electrons. The molecule has 4 atom stereocenters. The fourth-order valence-corrected chi connectivity index (χ4v) is 6.28. The van der Waals surface area contributed by atoms with Crippen LogP contribution in [0.5, 0.6) is 0 Å². The third-order valence-corrected chi connectivity index (χ3v) is 8.29. The van der Waals surface area contributed by atoms with Crippen LogP contribution in [0.2, 0.25) is 0 Å². The van der Waals surface area contributed by atoms with Crippen molar-refractivity contribution in [2.24, 2.45) is 0 Å². The van der Waals surface area contributed by atoms with Crippen molar-refractivity contribution in [2.45, 2.75) is 62.6 Å². The van der Waals surface area contributed by atoms with Gasteiger partial charge >= 0.3 is 6.18 Å². The highest BCUT2D eigenvalue weighted by Gasteiger charge is 2.40. The van der Waals surface area contributed by atoms with E-state index in [4.69, 9.17) is 0 Å². The van der Waals surface area contributed by atoms with Crippen LogP contribution < -0.4 is 4.90 Å². The number of likely N-dealkylation sites (tertiary alicyclic amines) is 1. The van der Waals surface area contributed by atoms with Crippen molar-refractivity contribution in [1.29, 1.82) is 0 Å². The third-order valence-electron chi connectivity index (χ3n) is 8.29. The molecule has 5 rings (SSSR count). The van der Waals surface area contributed by atoms with Gasteiger partial charge in [0.1, 0.15) is 24.2 Å². The number of halogens is 4. The van der Waals surface area contributed by atoms with Gasteiger partial charge < -0.3 is 19.9 Å². The van der Waals surface area contributed by atoms with Gasteiger partial charge in [0.15, 0.2) is 0 Å². The van der Waals surface area contributed by atoms with E-state index in [0.29, 0.717) is 76.6 Å². The van der Waals surface area contributed by atoms with Crippen molar-refractivity contribution in [3.63, 3.8) is 0 Å². The van der Waals surface area contributed by atoms with Crippen LogP contribution in [-0.2, 0) is 11.0 Å². The van der Waals surface area contributed by atoms with E-state index in [1.807, 2.05) is 6.92 Å². The molecular formula is C27H33F4N5O3. The van der Waals surface area contributed by atoms with Crippen LogP contribution >= 0.6 is 0 Å². The van der Waals surface area contributed by atoms with Crippen LogP contribution in [-0.4, -0.2) is 87.8 Å². The highest BCUT2D eigenvalue weighted by Crippen LogP contribution is 2.43. The van der Waals surface area contributed by atoms with Gasteiger partial charge in [-0.1, -0.05) is 13.0 Å². The van der Waals surface area contributed by atoms with E-state index in [1.54, 1.807) is 0 Å². The molecule has 39 heavy (non-hydrogen) atoms. The summed E-state index contributed by atoms with van der Waals surface area (Å²) in [5, 5.41) is 20.4. The van der Waals surface area contributed by atoms with Crippen LogP contribution in [0.3, 0.4) is 0 Å². The third kappa shape index (κ3) is 5.52. The molecule has 0 spiro atoms. The molecule has 1 aromatic carbocycles. The molecular weight excluding hydrogens is 518 g/mol. The number of carbonyl (C=O) groups is 1. The monoisotopic (exact) mass is 551 g/mol. The summed E-state index contributed by atoms with van der Waals surface area (Å²) < 4.78 is 54.0. The Morgan fingerprint density at radius 2 is 1.69 bits per heavy atom. The number of aldehydes is 1. The number of hydrogen-bond acceptors (Lipinski definition) is 8. The molecule has 0 bridgehead atoms. The van der Waals surface area contributed by atoms with Gasteiger partial charge in [0.05, 0.1) is 35.5 Å². The number of nitrogens with zero attached hydrogens (tertiary/aromatic N) is 5. The number of aliphatic hydroxyl groups is 2. The van der Waals surface area contributed by atoms with Crippen LogP contribution in [0.25, 0.3) is 0 Å². The smallest absolute Gasteiger partial charge is 0.393 e. The Labute approximate surface area is 224 Å². The minimum atomic E-state index is -4.83. The number of rotatable bonds is 6. The van der Waals surface area contributed by atoms with Crippen LogP contribution in [0.15, 0.2) is 24.5 Å². The maximum atomic E-state index is 14.5. The number of aromatic nitrogens is 2. The molecule has 12 heteroatoms. The maximum Gasteiger partial charge on any atom is 0.419 e. The molecule has 8 nitrogen and oxygen atoms in total. The summed E-state index contributed by atoms with van der Waals surface area (Å²) in [5.74, 6) is -1.38. The predicted octanol–water partition coefficient (Wildman–Crippen LogP) is 3.06. The highest BCUT2D eigenvalue weighted by atomic mass is 19.4. The maximum absolute atomic E-state index is 14.5. The van der Waals surface area contributed by atoms with Gasteiger partial charge in [0, 0.05) is 44.8 Å². The molecule has 2 aliphatic heterocycles. The molecule has 2 saturated heterocycles. The lowest BCUT2D eigenvalue weighted by Crippen LogP contribution is -2.60. The summed E-state index contributed by atoms with van der Waals surface area (Å²) in [5.41, 5.74) is 0.431. The Balaban J connectivity index is 1.40. The fraction of sp³-hybridized carbons (Fsp3) is 0.593. The first kappa shape index (κ1) is 27.9. The first-order valence-electron chi connectivity index (χ1n) is 13.3. The van der Waals surface area contributed by atoms with Crippen molar-refractivity contribution in [1.82, 2.24) is 19.8 Å². The van der Waals surface area contributed by atoms with Crippen molar-refractivity contribution in [3.8, 4) is 0 Å². The SMILES string of the molecule is C[C@@H]1C[C@@H](O)c2ncnc(N3CCN(C(C(C=O)c4ccc(C(F)(F)F)c(F)c4)N4CCC(O)CC4)CC3)c21. The average molecular weight is 552 g/mol. The lowest BCUT2D eigenvalue weighted by atomic mass is 9.92. The van der Waals surface area contributed by atoms with Gasteiger partial charge in [-0.25, -0.2) is 14.4 Å². The first-order chi connectivity index (χ1) is 18.6. The zero-order chi connectivity index (χ0) is 27.9. The number of alkyl halides is 3. The number of piperazine rings is 1. The Bertz CT molecular complexity index is 1180. The van der Waals surface area contributed by atoms with E-state index in [1.165, 1.54) is 12.4 Å². The largest absolute Gasteiger partial charge is 0.419 e. The number of anilines is 1. The predicted molar refractivity (Wildman–Crippen MR) is 135 cm³/mol. The van der Waals surface area contributed by atoms with Gasteiger partial charge in [-0.15, -0.1) is 0 Å². The quantitative estimate of drug-likeness (QED) is 0.418. The Hall–Kier alpha value is -2.67. The lowest BCUT2D eigenvalue weighted by molar-refractivity contribution is -0.140. The van der Waals surface area contributed by atoms with E-state index in [2.05, 4.69) is 24.7 Å². The summed E-state index contributed by atoms with van der Waals surface area (Å²) >= 11 is 0. The summed E-state index contributed by atoms with van der Waals surface area (Å²) in [4.78, 5) is 27.6. The Morgan fingerprint density at radius 3 is 2.31 bits per heavy atom. The van der Waals surface area contributed by atoms with Crippen molar-refractivity contribution in [2.75, 3.05) is 44.2 Å². The molecule has 2 fully saturated rings. The number of hydrogen-bond donors (Lipinski definition) is 2. The summed E-state index contributed by atoms with van der Waals surface area (Å²) in [6.45, 7) is 5.28. The molecule has 3 heterocycles. The highest BCUT2D eigenvalue weighted by molar-refractivity contribution is 5.64. The van der Waals surface area contributed by atoms with Crippen molar-refractivity contribution >= 4 is 12.1 Å². The second-order valence-corrected chi connectivity index (χ2v) is 10.8. The molecule has 2 aromatic rings. The summed E-state index contributed by atoms with van der Waals surface area (Å²) in [6, 6.07) is 2.70. The van der Waals surface area contributed by atoms with E-state index in [-0.39, 0.29) is 11.5 Å². The standard InChI is InChI=1S/C27H33F4N5O3/c1-16-12-22(39)24-23(16)25(33-15-32-24)34-8-10-36(11-9-34)26(35-6-4-18(38)5-7-35)19(14-37)17-2-3-20(21(28)13-17)27(29,30)31/h2-3,13-16,18-19,22,26,38-39H,4-12H2,1H3/t16-,19?,22-,26?/m1/s1. The van der Waals surface area contributed by atoms with Crippen molar-refractivity contribution < 1.29 is 32.6 Å². The zero-order valence-electron chi connectivity index (χ0n) is 21.7. The number of aliphatic hydroxyl groups excluding tert-OH is 2. The van der Waals surface area contributed by atoms with Crippen LogP contribution in [0, 0.1) is 5.82 Å². The molecule has 0 saturated carbocycles. The molecule has 1 aromatic heterocycles. The minimum absolute atomic E-state index is 0.116. The molecule has 212 valence electrons. The second-order valence-electron chi connectivity index (χ2n) is 10.8. The van der Waals surface area contributed by atoms with E-state index in [9.17, 15) is 32.6 Å². The minimum Gasteiger partial charge on any atom is -0.393 e. The molecule has 3 aliphatic rings. The number of carbonyl (C=O) groups excluding carboxylic acids is 1. The Morgan fingerprint density at radius 1 is 1.03 bits per heavy atom. The fourth-order valence-electron chi connectivity index (χ4n) is 6.28. The van der Waals surface area contributed by atoms with Gasteiger partial charge in [-0.05, 0) is 42.9 Å². The van der Waals surface area contributed by atoms with E-state index < -0.39 is 41.8 Å². The zero-order valence-corrected chi connectivity index (χ0v) is 21.7.